The SMILES string of the molecule is C[C@H](CCc1cccn1C)NC(=O)N1CCOC2(CCCCCC2)C1. The van der Waals surface area contributed by atoms with Crippen LogP contribution >= 0.6 is 0 Å². The maximum atomic E-state index is 12.7. The molecule has 2 heterocycles. The number of carbonyl (C=O) groups is 1. The van der Waals surface area contributed by atoms with Crippen molar-refractivity contribution < 1.29 is 9.53 Å². The standard InChI is InChI=1S/C20H33N3O2/c1-17(9-10-18-8-7-13-22(18)2)21-19(24)23-14-15-25-20(16-23)11-5-3-4-6-12-20/h7-8,13,17H,3-6,9-12,14-16H2,1-2H3,(H,21,24)/t17-/m1/s1. The van der Waals surface area contributed by atoms with E-state index in [1.807, 2.05) is 4.90 Å². The van der Waals surface area contributed by atoms with Crippen LogP contribution in [0.4, 0.5) is 4.79 Å². The van der Waals surface area contributed by atoms with Gasteiger partial charge in [-0.15, -0.1) is 0 Å². The fourth-order valence-corrected chi connectivity index (χ4v) is 4.19. The Morgan fingerprint density at radius 1 is 1.32 bits per heavy atom. The molecule has 2 fully saturated rings. The third kappa shape index (κ3) is 4.78. The van der Waals surface area contributed by atoms with Crippen molar-refractivity contribution in [2.75, 3.05) is 19.7 Å². The fraction of sp³-hybridized carbons (Fsp3) is 0.750. The molecular formula is C20H33N3O2. The number of aromatic nitrogens is 1. The predicted octanol–water partition coefficient (Wildman–Crippen LogP) is 3.48. The lowest BCUT2D eigenvalue weighted by molar-refractivity contribution is -0.105. The molecule has 1 spiro atoms. The molecule has 5 heteroatoms. The molecule has 2 aliphatic rings. The van der Waals surface area contributed by atoms with Crippen LogP contribution in [-0.2, 0) is 18.2 Å². The molecule has 1 aliphatic heterocycles. The van der Waals surface area contributed by atoms with Crippen LogP contribution in [0.2, 0.25) is 0 Å². The van der Waals surface area contributed by atoms with E-state index < -0.39 is 0 Å². The van der Waals surface area contributed by atoms with Gasteiger partial charge < -0.3 is 19.5 Å². The van der Waals surface area contributed by atoms with E-state index in [1.165, 1.54) is 31.4 Å². The first kappa shape index (κ1) is 18.3. The lowest BCUT2D eigenvalue weighted by atomic mass is 9.92. The van der Waals surface area contributed by atoms with Crippen molar-refractivity contribution in [1.29, 1.82) is 0 Å². The molecule has 2 amide bonds. The smallest absolute Gasteiger partial charge is 0.317 e. The van der Waals surface area contributed by atoms with Gasteiger partial charge in [-0.3, -0.25) is 0 Å². The summed E-state index contributed by atoms with van der Waals surface area (Å²) >= 11 is 0. The Morgan fingerprint density at radius 2 is 2.08 bits per heavy atom. The first-order valence-electron chi connectivity index (χ1n) is 9.88. The normalized spacial score (nSPS) is 21.8. The lowest BCUT2D eigenvalue weighted by Crippen LogP contribution is -2.56. The third-order valence-corrected chi connectivity index (χ3v) is 5.81. The lowest BCUT2D eigenvalue weighted by Gasteiger charge is -2.42. The third-order valence-electron chi connectivity index (χ3n) is 5.81. The largest absolute Gasteiger partial charge is 0.371 e. The van der Waals surface area contributed by atoms with Crippen LogP contribution in [0.25, 0.3) is 0 Å². The Balaban J connectivity index is 1.49. The number of rotatable bonds is 4. The topological polar surface area (TPSA) is 46.5 Å². The molecular weight excluding hydrogens is 314 g/mol. The molecule has 0 radical (unpaired) electrons. The maximum absolute atomic E-state index is 12.7. The van der Waals surface area contributed by atoms with E-state index in [9.17, 15) is 4.79 Å². The summed E-state index contributed by atoms with van der Waals surface area (Å²) in [5.41, 5.74) is 1.23. The number of hydrogen-bond donors (Lipinski definition) is 1. The van der Waals surface area contributed by atoms with Gasteiger partial charge in [-0.1, -0.05) is 25.7 Å². The fourth-order valence-electron chi connectivity index (χ4n) is 4.19. The summed E-state index contributed by atoms with van der Waals surface area (Å²) in [4.78, 5) is 14.7. The summed E-state index contributed by atoms with van der Waals surface area (Å²) in [5, 5.41) is 3.19. The van der Waals surface area contributed by atoms with E-state index in [1.54, 1.807) is 0 Å². The summed E-state index contributed by atoms with van der Waals surface area (Å²) in [6.07, 6.45) is 11.3. The van der Waals surface area contributed by atoms with E-state index in [2.05, 4.69) is 42.2 Å². The molecule has 1 N–H and O–H groups in total. The molecule has 1 atom stereocenters. The zero-order valence-electron chi connectivity index (χ0n) is 15.8. The van der Waals surface area contributed by atoms with Crippen LogP contribution in [0.15, 0.2) is 18.3 Å². The van der Waals surface area contributed by atoms with E-state index >= 15 is 0 Å². The highest BCUT2D eigenvalue weighted by molar-refractivity contribution is 5.74. The Hall–Kier alpha value is -1.49. The number of amides is 2. The number of morpholine rings is 1. The second kappa shape index (κ2) is 8.26. The van der Waals surface area contributed by atoms with Crippen LogP contribution in [0.5, 0.6) is 0 Å². The molecule has 5 nitrogen and oxygen atoms in total. The molecule has 1 saturated carbocycles. The number of hydrogen-bond acceptors (Lipinski definition) is 2. The first-order chi connectivity index (χ1) is 12.1. The molecule has 140 valence electrons. The molecule has 3 rings (SSSR count). The Bertz CT molecular complexity index is 561. The average Bonchev–Trinajstić information content (AvgIpc) is 2.88. The molecule has 0 bridgehead atoms. The minimum absolute atomic E-state index is 0.0753. The van der Waals surface area contributed by atoms with E-state index in [0.717, 1.165) is 32.2 Å². The number of nitrogens with one attached hydrogen (secondary N) is 1. The summed E-state index contributed by atoms with van der Waals surface area (Å²) in [5.74, 6) is 0. The minimum Gasteiger partial charge on any atom is -0.371 e. The Labute approximate surface area is 151 Å². The van der Waals surface area contributed by atoms with Crippen LogP contribution < -0.4 is 5.32 Å². The van der Waals surface area contributed by atoms with Crippen molar-refractivity contribution in [1.82, 2.24) is 14.8 Å². The van der Waals surface area contributed by atoms with Crippen molar-refractivity contribution in [2.24, 2.45) is 7.05 Å². The van der Waals surface area contributed by atoms with Crippen LogP contribution in [-0.4, -0.2) is 46.8 Å². The van der Waals surface area contributed by atoms with E-state index in [0.29, 0.717) is 13.2 Å². The van der Waals surface area contributed by atoms with Crippen molar-refractivity contribution in [3.05, 3.63) is 24.0 Å². The van der Waals surface area contributed by atoms with Crippen molar-refractivity contribution in [3.8, 4) is 0 Å². The van der Waals surface area contributed by atoms with Crippen molar-refractivity contribution in [3.63, 3.8) is 0 Å². The van der Waals surface area contributed by atoms with Crippen molar-refractivity contribution >= 4 is 6.03 Å². The molecule has 1 aromatic rings. The highest BCUT2D eigenvalue weighted by atomic mass is 16.5. The van der Waals surface area contributed by atoms with E-state index in [4.69, 9.17) is 4.74 Å². The number of aryl methyl sites for hydroxylation is 2. The molecule has 1 saturated heterocycles. The maximum Gasteiger partial charge on any atom is 0.317 e. The molecule has 0 unspecified atom stereocenters. The second-order valence-electron chi connectivity index (χ2n) is 7.87. The summed E-state index contributed by atoms with van der Waals surface area (Å²) < 4.78 is 8.30. The first-order valence-corrected chi connectivity index (χ1v) is 9.88. The predicted molar refractivity (Wildman–Crippen MR) is 99.7 cm³/mol. The van der Waals surface area contributed by atoms with Gasteiger partial charge in [0.1, 0.15) is 0 Å². The highest BCUT2D eigenvalue weighted by Gasteiger charge is 2.38. The van der Waals surface area contributed by atoms with Gasteiger partial charge in [-0.2, -0.15) is 0 Å². The molecule has 1 aliphatic carbocycles. The number of nitrogens with zero attached hydrogens (tertiary/aromatic N) is 2. The zero-order valence-corrected chi connectivity index (χ0v) is 15.8. The molecule has 0 aromatic carbocycles. The van der Waals surface area contributed by atoms with E-state index in [-0.39, 0.29) is 17.7 Å². The van der Waals surface area contributed by atoms with Gasteiger partial charge in [0.15, 0.2) is 0 Å². The quantitative estimate of drug-likeness (QED) is 0.906. The van der Waals surface area contributed by atoms with Gasteiger partial charge in [-0.25, -0.2) is 4.79 Å². The average molecular weight is 348 g/mol. The minimum atomic E-state index is -0.0850. The van der Waals surface area contributed by atoms with Gasteiger partial charge in [0.05, 0.1) is 18.8 Å². The summed E-state index contributed by atoms with van der Waals surface area (Å²) in [6.45, 7) is 4.23. The second-order valence-corrected chi connectivity index (χ2v) is 7.87. The number of urea groups is 1. The molecule has 1 aromatic heterocycles. The van der Waals surface area contributed by atoms with Gasteiger partial charge in [0.25, 0.3) is 0 Å². The van der Waals surface area contributed by atoms with Crippen LogP contribution in [0, 0.1) is 0 Å². The monoisotopic (exact) mass is 347 g/mol. The number of carbonyl (C=O) groups excluding carboxylic acids is 1. The van der Waals surface area contributed by atoms with Gasteiger partial charge >= 0.3 is 6.03 Å². The van der Waals surface area contributed by atoms with Crippen molar-refractivity contribution in [2.45, 2.75) is 69.9 Å². The Kier molecular flexibility index (Phi) is 6.05. The van der Waals surface area contributed by atoms with Gasteiger partial charge in [-0.05, 0) is 44.7 Å². The highest BCUT2D eigenvalue weighted by Crippen LogP contribution is 2.33. The Morgan fingerprint density at radius 3 is 2.76 bits per heavy atom. The van der Waals surface area contributed by atoms with Crippen LogP contribution in [0.3, 0.4) is 0 Å². The van der Waals surface area contributed by atoms with Crippen LogP contribution in [0.1, 0.15) is 57.6 Å². The zero-order chi connectivity index (χ0) is 17.7. The number of ether oxygens (including phenoxy) is 1. The molecule has 25 heavy (non-hydrogen) atoms. The summed E-state index contributed by atoms with van der Waals surface area (Å²) in [7, 11) is 2.07. The van der Waals surface area contributed by atoms with Gasteiger partial charge in [0, 0.05) is 31.5 Å². The summed E-state index contributed by atoms with van der Waals surface area (Å²) in [6, 6.07) is 4.46. The van der Waals surface area contributed by atoms with Gasteiger partial charge in [0.2, 0.25) is 0 Å².